The summed E-state index contributed by atoms with van der Waals surface area (Å²) in [5, 5.41) is 12.9. The van der Waals surface area contributed by atoms with Gasteiger partial charge in [0.25, 0.3) is 0 Å². The first-order valence-corrected chi connectivity index (χ1v) is 13.8. The first kappa shape index (κ1) is 30.6. The summed E-state index contributed by atoms with van der Waals surface area (Å²) in [4.78, 5) is 0. The lowest BCUT2D eigenvalue weighted by Crippen LogP contribution is -2.47. The van der Waals surface area contributed by atoms with Crippen LogP contribution in [0.25, 0.3) is 0 Å². The average molecular weight is 494 g/mol. The van der Waals surface area contributed by atoms with E-state index in [2.05, 4.69) is 133 Å². The van der Waals surface area contributed by atoms with E-state index in [-0.39, 0.29) is 21.7 Å². The van der Waals surface area contributed by atoms with E-state index < -0.39 is 11.6 Å². The van der Waals surface area contributed by atoms with Crippen molar-refractivity contribution in [2.45, 2.75) is 137 Å². The van der Waals surface area contributed by atoms with E-state index in [1.165, 1.54) is 22.3 Å². The van der Waals surface area contributed by atoms with Gasteiger partial charge in [-0.3, -0.25) is 0 Å². The molecule has 2 aromatic rings. The Hall–Kier alpha value is -1.64. The zero-order chi connectivity index (χ0) is 28.1. The van der Waals surface area contributed by atoms with Gasteiger partial charge >= 0.3 is 0 Å². The third-order valence-electron chi connectivity index (χ3n) is 7.47. The lowest BCUT2D eigenvalue weighted by Gasteiger charge is -2.39. The summed E-state index contributed by atoms with van der Waals surface area (Å²) >= 11 is 0. The average Bonchev–Trinajstić information content (AvgIpc) is 2.69. The molecule has 3 N–H and O–H groups in total. The van der Waals surface area contributed by atoms with E-state index in [9.17, 15) is 5.11 Å². The summed E-state index contributed by atoms with van der Waals surface area (Å²) in [6, 6.07) is 13.0. The number of hydrogen-bond donors (Lipinski definition) is 2. The van der Waals surface area contributed by atoms with Gasteiger partial charge in [0.15, 0.2) is 0 Å². The largest absolute Gasteiger partial charge is 0.379 e. The van der Waals surface area contributed by atoms with Crippen LogP contribution in [0.5, 0.6) is 0 Å². The van der Waals surface area contributed by atoms with Crippen LogP contribution in [0.4, 0.5) is 0 Å². The summed E-state index contributed by atoms with van der Waals surface area (Å²) in [5.74, 6) is 0.368. The van der Waals surface area contributed by atoms with Crippen LogP contribution in [0.15, 0.2) is 36.4 Å². The number of benzene rings is 2. The fourth-order valence-electron chi connectivity index (χ4n) is 4.70. The van der Waals surface area contributed by atoms with Crippen LogP contribution in [0.2, 0.25) is 0 Å². The first-order chi connectivity index (χ1) is 16.0. The van der Waals surface area contributed by atoms with Crippen LogP contribution in [0.3, 0.4) is 0 Å². The zero-order valence-corrected chi connectivity index (χ0v) is 25.9. The Morgan fingerprint density at radius 2 is 0.750 bits per heavy atom. The van der Waals surface area contributed by atoms with E-state index in [1.54, 1.807) is 0 Å². The molecule has 2 aromatic carbocycles. The highest BCUT2D eigenvalue weighted by Crippen LogP contribution is 2.42. The van der Waals surface area contributed by atoms with Gasteiger partial charge in [-0.2, -0.15) is 0 Å². The standard InChI is InChI=1S/C34H55NO/c1-22(2)15-29(35)34(36,27-18-23(30(3,4)5)16-24(19-27)31(6,7)8)28-20-25(32(9,10)11)17-26(21-28)33(12,13)14/h16-22,29,36H,15,35H2,1-14H3. The number of nitrogens with two attached hydrogens (primary N) is 1. The molecule has 2 nitrogen and oxygen atoms in total. The highest BCUT2D eigenvalue weighted by molar-refractivity contribution is 5.49. The van der Waals surface area contributed by atoms with Crippen LogP contribution in [0.1, 0.15) is 137 Å². The topological polar surface area (TPSA) is 46.2 Å². The van der Waals surface area contributed by atoms with E-state index >= 15 is 0 Å². The van der Waals surface area contributed by atoms with Gasteiger partial charge in [-0.05, 0) is 67.4 Å². The van der Waals surface area contributed by atoms with Crippen LogP contribution in [-0.4, -0.2) is 11.1 Å². The minimum Gasteiger partial charge on any atom is -0.379 e. The fraction of sp³-hybridized carbons (Fsp3) is 0.647. The molecule has 0 aromatic heterocycles. The van der Waals surface area contributed by atoms with Crippen molar-refractivity contribution in [3.8, 4) is 0 Å². The van der Waals surface area contributed by atoms with Gasteiger partial charge in [0.2, 0.25) is 0 Å². The van der Waals surface area contributed by atoms with Crippen molar-refractivity contribution in [2.24, 2.45) is 11.7 Å². The second-order valence-corrected chi connectivity index (χ2v) is 15.6. The molecule has 0 heterocycles. The number of hydrogen-bond acceptors (Lipinski definition) is 2. The molecule has 0 saturated carbocycles. The Bertz CT molecular complexity index is 909. The van der Waals surface area contributed by atoms with Crippen LogP contribution in [-0.2, 0) is 27.3 Å². The highest BCUT2D eigenvalue weighted by atomic mass is 16.3. The summed E-state index contributed by atoms with van der Waals surface area (Å²) < 4.78 is 0. The van der Waals surface area contributed by atoms with Crippen molar-refractivity contribution in [3.63, 3.8) is 0 Å². The number of aliphatic hydroxyl groups is 1. The van der Waals surface area contributed by atoms with Gasteiger partial charge in [0.05, 0.1) is 0 Å². The maximum Gasteiger partial charge on any atom is 0.130 e. The Morgan fingerprint density at radius 1 is 0.528 bits per heavy atom. The SMILES string of the molecule is CC(C)CC(N)C(O)(c1cc(C(C)(C)C)cc(C(C)(C)C)c1)c1cc(C(C)(C)C)cc(C(C)(C)C)c1. The summed E-state index contributed by atoms with van der Waals surface area (Å²) in [6.45, 7) is 31.2. The van der Waals surface area contributed by atoms with Gasteiger partial charge in [-0.1, -0.05) is 133 Å². The molecule has 0 aliphatic rings. The van der Waals surface area contributed by atoms with Crippen LogP contribution in [0, 0.1) is 5.92 Å². The maximum absolute atomic E-state index is 12.9. The Balaban J connectivity index is 3.04. The summed E-state index contributed by atoms with van der Waals surface area (Å²) in [7, 11) is 0. The predicted octanol–water partition coefficient (Wildman–Crippen LogP) is 8.49. The monoisotopic (exact) mass is 493 g/mol. The molecule has 1 atom stereocenters. The zero-order valence-electron chi connectivity index (χ0n) is 25.9. The third kappa shape index (κ3) is 6.81. The molecule has 0 bridgehead atoms. The highest BCUT2D eigenvalue weighted by Gasteiger charge is 2.41. The normalized spacial score (nSPS) is 14.9. The third-order valence-corrected chi connectivity index (χ3v) is 7.47. The van der Waals surface area contributed by atoms with E-state index in [1.807, 2.05) is 0 Å². The lowest BCUT2D eigenvalue weighted by atomic mass is 9.70. The van der Waals surface area contributed by atoms with Crippen molar-refractivity contribution >= 4 is 0 Å². The quantitative estimate of drug-likeness (QED) is 0.438. The van der Waals surface area contributed by atoms with Gasteiger partial charge in [0.1, 0.15) is 5.60 Å². The molecule has 0 aliphatic heterocycles. The minimum absolute atomic E-state index is 0.0527. The molecule has 202 valence electrons. The second kappa shape index (κ2) is 9.91. The van der Waals surface area contributed by atoms with Crippen molar-refractivity contribution < 1.29 is 5.11 Å². The maximum atomic E-state index is 12.9. The van der Waals surface area contributed by atoms with E-state index in [0.29, 0.717) is 5.92 Å². The minimum atomic E-state index is -1.31. The molecule has 36 heavy (non-hydrogen) atoms. The summed E-state index contributed by atoms with van der Waals surface area (Å²) in [5.41, 5.74) is 12.2. The molecule has 0 spiro atoms. The fourth-order valence-corrected chi connectivity index (χ4v) is 4.70. The van der Waals surface area contributed by atoms with Crippen LogP contribution >= 0.6 is 0 Å². The van der Waals surface area contributed by atoms with Crippen LogP contribution < -0.4 is 5.73 Å². The van der Waals surface area contributed by atoms with Crippen molar-refractivity contribution in [2.75, 3.05) is 0 Å². The molecule has 0 aliphatic carbocycles. The van der Waals surface area contributed by atoms with Gasteiger partial charge < -0.3 is 10.8 Å². The van der Waals surface area contributed by atoms with Crippen molar-refractivity contribution in [1.82, 2.24) is 0 Å². The van der Waals surface area contributed by atoms with E-state index in [0.717, 1.165) is 17.5 Å². The molecule has 0 amide bonds. The molecule has 0 fully saturated rings. The Labute approximate surface area is 223 Å². The Morgan fingerprint density at radius 3 is 0.944 bits per heavy atom. The van der Waals surface area contributed by atoms with Crippen molar-refractivity contribution in [1.29, 1.82) is 0 Å². The molecule has 2 heteroatoms. The molecule has 2 rings (SSSR count). The second-order valence-electron chi connectivity index (χ2n) is 15.6. The van der Waals surface area contributed by atoms with Gasteiger partial charge in [-0.25, -0.2) is 0 Å². The first-order valence-electron chi connectivity index (χ1n) is 13.8. The van der Waals surface area contributed by atoms with Gasteiger partial charge in [0, 0.05) is 6.04 Å². The molecular formula is C34H55NO. The van der Waals surface area contributed by atoms with Gasteiger partial charge in [-0.15, -0.1) is 0 Å². The molecule has 1 unspecified atom stereocenters. The number of rotatable bonds is 5. The molecule has 0 radical (unpaired) electrons. The predicted molar refractivity (Wildman–Crippen MR) is 158 cm³/mol. The molecular weight excluding hydrogens is 438 g/mol. The van der Waals surface area contributed by atoms with Crippen molar-refractivity contribution in [3.05, 3.63) is 69.8 Å². The lowest BCUT2D eigenvalue weighted by molar-refractivity contribution is 0.0437. The smallest absolute Gasteiger partial charge is 0.130 e. The Kier molecular flexibility index (Phi) is 8.42. The van der Waals surface area contributed by atoms with E-state index in [4.69, 9.17) is 5.73 Å². The summed E-state index contributed by atoms with van der Waals surface area (Å²) in [6.07, 6.45) is 0.728. The molecule has 0 saturated heterocycles.